The van der Waals surface area contributed by atoms with E-state index in [1.807, 2.05) is 0 Å². The minimum absolute atomic E-state index is 0.820. The van der Waals surface area contributed by atoms with E-state index in [9.17, 15) is 0 Å². The molecule has 0 aromatic carbocycles. The average molecular weight is 217 g/mol. The first kappa shape index (κ1) is 14.0. The van der Waals surface area contributed by atoms with Gasteiger partial charge >= 0.3 is 0 Å². The van der Waals surface area contributed by atoms with Gasteiger partial charge in [0.25, 0.3) is 0 Å². The number of hydrogen-bond acceptors (Lipinski definition) is 0. The molecule has 0 aliphatic rings. The summed E-state index contributed by atoms with van der Waals surface area (Å²) in [7, 11) is 0. The second-order valence-corrected chi connectivity index (χ2v) is 4.24. The number of halogens is 1. The molecule has 1 heteroatoms. The van der Waals surface area contributed by atoms with Crippen molar-refractivity contribution >= 4 is 11.6 Å². The van der Waals surface area contributed by atoms with Gasteiger partial charge in [-0.25, -0.2) is 0 Å². The Hall–Kier alpha value is 0.0300. The highest BCUT2D eigenvalue weighted by Gasteiger charge is 1.86. The molecule has 0 aliphatic carbocycles. The van der Waals surface area contributed by atoms with Gasteiger partial charge in [0.1, 0.15) is 0 Å². The third-order valence-electron chi connectivity index (χ3n) is 2.40. The highest BCUT2D eigenvalue weighted by molar-refractivity contribution is 6.17. The van der Waals surface area contributed by atoms with Crippen molar-refractivity contribution in [1.29, 1.82) is 0 Å². The molecule has 0 radical (unpaired) electrons. The average Bonchev–Trinajstić information content (AvgIpc) is 2.21. The third kappa shape index (κ3) is 12.0. The van der Waals surface area contributed by atoms with Gasteiger partial charge in [0, 0.05) is 5.88 Å². The Bertz CT molecular complexity index is 104. The molecule has 0 aliphatic heterocycles. The van der Waals surface area contributed by atoms with Gasteiger partial charge < -0.3 is 0 Å². The number of rotatable bonds is 10. The summed E-state index contributed by atoms with van der Waals surface area (Å²) in [6.07, 6.45) is 16.4. The molecule has 0 rings (SSSR count). The van der Waals surface area contributed by atoms with E-state index in [4.69, 9.17) is 11.6 Å². The largest absolute Gasteiger partial charge is 0.127 e. The molecule has 0 amide bonds. The predicted octanol–water partition coefficient (Wildman–Crippen LogP) is 5.31. The van der Waals surface area contributed by atoms with Crippen molar-refractivity contribution in [2.75, 3.05) is 5.88 Å². The van der Waals surface area contributed by atoms with Crippen LogP contribution in [0.1, 0.15) is 64.7 Å². The van der Waals surface area contributed by atoms with E-state index in [2.05, 4.69) is 19.1 Å². The Labute approximate surface area is 94.7 Å². The van der Waals surface area contributed by atoms with Crippen molar-refractivity contribution in [3.63, 3.8) is 0 Å². The number of alkyl halides is 1. The Balaban J connectivity index is 2.96. The second-order valence-electron chi connectivity index (χ2n) is 3.86. The lowest BCUT2D eigenvalue weighted by Crippen LogP contribution is -1.77. The van der Waals surface area contributed by atoms with Crippen LogP contribution in [0.5, 0.6) is 0 Å². The summed E-state index contributed by atoms with van der Waals surface area (Å²) in [6, 6.07) is 0. The van der Waals surface area contributed by atoms with E-state index in [1.165, 1.54) is 57.8 Å². The van der Waals surface area contributed by atoms with Crippen molar-refractivity contribution in [2.45, 2.75) is 64.7 Å². The molecule has 0 fully saturated rings. The molecule has 0 aromatic rings. The van der Waals surface area contributed by atoms with Gasteiger partial charge in [-0.1, -0.05) is 44.8 Å². The molecular weight excluding hydrogens is 192 g/mol. The molecule has 84 valence electrons. The van der Waals surface area contributed by atoms with E-state index in [0.29, 0.717) is 0 Å². The van der Waals surface area contributed by atoms with E-state index < -0.39 is 0 Å². The standard InChI is InChI=1S/C13H25Cl/c1-2-3-4-5-6-7-8-9-10-11-12-13-14/h7-8H,2-6,9-13H2,1H3/b8-7+. The van der Waals surface area contributed by atoms with Gasteiger partial charge in [-0.05, 0) is 32.1 Å². The van der Waals surface area contributed by atoms with Crippen LogP contribution < -0.4 is 0 Å². The summed E-state index contributed by atoms with van der Waals surface area (Å²) in [5.74, 6) is 0.820. The minimum atomic E-state index is 0.820. The molecule has 0 saturated heterocycles. The Morgan fingerprint density at radius 2 is 1.36 bits per heavy atom. The zero-order valence-electron chi connectivity index (χ0n) is 9.60. The van der Waals surface area contributed by atoms with Gasteiger partial charge in [-0.15, -0.1) is 11.6 Å². The van der Waals surface area contributed by atoms with Crippen LogP contribution in [0.3, 0.4) is 0 Å². The highest BCUT2D eigenvalue weighted by atomic mass is 35.5. The molecule has 0 aromatic heterocycles. The van der Waals surface area contributed by atoms with Crippen LogP contribution >= 0.6 is 11.6 Å². The first-order valence-electron chi connectivity index (χ1n) is 6.12. The van der Waals surface area contributed by atoms with Crippen molar-refractivity contribution in [1.82, 2.24) is 0 Å². The molecule has 0 heterocycles. The summed E-state index contributed by atoms with van der Waals surface area (Å²) in [4.78, 5) is 0. The molecule has 0 nitrogen and oxygen atoms in total. The fourth-order valence-corrected chi connectivity index (χ4v) is 1.65. The molecule has 0 spiro atoms. The Morgan fingerprint density at radius 3 is 1.86 bits per heavy atom. The maximum absolute atomic E-state index is 5.59. The van der Waals surface area contributed by atoms with E-state index in [1.54, 1.807) is 0 Å². The summed E-state index contributed by atoms with van der Waals surface area (Å²) >= 11 is 5.59. The monoisotopic (exact) mass is 216 g/mol. The molecule has 14 heavy (non-hydrogen) atoms. The SMILES string of the molecule is CCCCCC/C=C/CCCCCCl. The molecular formula is C13H25Cl. The summed E-state index contributed by atoms with van der Waals surface area (Å²) < 4.78 is 0. The summed E-state index contributed by atoms with van der Waals surface area (Å²) in [5, 5.41) is 0. The molecule has 0 bridgehead atoms. The van der Waals surface area contributed by atoms with Crippen molar-refractivity contribution in [3.8, 4) is 0 Å². The van der Waals surface area contributed by atoms with Crippen LogP contribution in [-0.4, -0.2) is 5.88 Å². The Morgan fingerprint density at radius 1 is 0.786 bits per heavy atom. The number of hydrogen-bond donors (Lipinski definition) is 0. The van der Waals surface area contributed by atoms with E-state index in [-0.39, 0.29) is 0 Å². The Kier molecular flexibility index (Phi) is 13.1. The van der Waals surface area contributed by atoms with Crippen LogP contribution in [0.2, 0.25) is 0 Å². The van der Waals surface area contributed by atoms with Crippen LogP contribution in [0.4, 0.5) is 0 Å². The third-order valence-corrected chi connectivity index (χ3v) is 2.66. The van der Waals surface area contributed by atoms with Gasteiger partial charge in [0.05, 0.1) is 0 Å². The lowest BCUT2D eigenvalue weighted by molar-refractivity contribution is 0.672. The fourth-order valence-electron chi connectivity index (χ4n) is 1.46. The van der Waals surface area contributed by atoms with Crippen LogP contribution in [0, 0.1) is 0 Å². The molecule has 0 unspecified atom stereocenters. The van der Waals surface area contributed by atoms with Gasteiger partial charge in [-0.2, -0.15) is 0 Å². The fraction of sp³-hybridized carbons (Fsp3) is 0.846. The normalized spacial score (nSPS) is 11.3. The van der Waals surface area contributed by atoms with Crippen molar-refractivity contribution < 1.29 is 0 Å². The molecule has 0 N–H and O–H groups in total. The predicted molar refractivity (Wildman–Crippen MR) is 67.1 cm³/mol. The highest BCUT2D eigenvalue weighted by Crippen LogP contribution is 2.05. The van der Waals surface area contributed by atoms with Gasteiger partial charge in [-0.3, -0.25) is 0 Å². The van der Waals surface area contributed by atoms with Gasteiger partial charge in [0.2, 0.25) is 0 Å². The quantitative estimate of drug-likeness (QED) is 0.264. The molecule has 0 saturated carbocycles. The van der Waals surface area contributed by atoms with E-state index >= 15 is 0 Å². The minimum Gasteiger partial charge on any atom is -0.127 e. The van der Waals surface area contributed by atoms with E-state index in [0.717, 1.165) is 5.88 Å². The zero-order chi connectivity index (χ0) is 10.5. The maximum atomic E-state index is 5.59. The second kappa shape index (κ2) is 13.0. The smallest absolute Gasteiger partial charge is 0.0223 e. The van der Waals surface area contributed by atoms with Crippen LogP contribution in [0.15, 0.2) is 12.2 Å². The number of allylic oxidation sites excluding steroid dienone is 2. The maximum Gasteiger partial charge on any atom is 0.0223 e. The van der Waals surface area contributed by atoms with Crippen molar-refractivity contribution in [2.24, 2.45) is 0 Å². The number of unbranched alkanes of at least 4 members (excludes halogenated alkanes) is 7. The van der Waals surface area contributed by atoms with Crippen LogP contribution in [-0.2, 0) is 0 Å². The first-order valence-corrected chi connectivity index (χ1v) is 6.66. The van der Waals surface area contributed by atoms with Crippen molar-refractivity contribution in [3.05, 3.63) is 12.2 Å². The zero-order valence-corrected chi connectivity index (χ0v) is 10.4. The lowest BCUT2D eigenvalue weighted by atomic mass is 10.1. The van der Waals surface area contributed by atoms with Crippen LogP contribution in [0.25, 0.3) is 0 Å². The topological polar surface area (TPSA) is 0 Å². The lowest BCUT2D eigenvalue weighted by Gasteiger charge is -1.95. The summed E-state index contributed by atoms with van der Waals surface area (Å²) in [5.41, 5.74) is 0. The summed E-state index contributed by atoms with van der Waals surface area (Å²) in [6.45, 7) is 2.26. The van der Waals surface area contributed by atoms with Gasteiger partial charge in [0.15, 0.2) is 0 Å². The molecule has 0 atom stereocenters. The first-order chi connectivity index (χ1) is 6.91.